The molecule has 1 aromatic heterocycles. The molecule has 106 valence electrons. The number of aryl methyl sites for hydroxylation is 2. The minimum Gasteiger partial charge on any atom is -0.373 e. The summed E-state index contributed by atoms with van der Waals surface area (Å²) in [5.74, 6) is 0.545. The molecule has 1 unspecified atom stereocenters. The highest BCUT2D eigenvalue weighted by atomic mass is 16.6. The van der Waals surface area contributed by atoms with E-state index in [9.17, 15) is 10.1 Å². The molecule has 0 spiro atoms. The van der Waals surface area contributed by atoms with Crippen LogP contribution in [-0.4, -0.2) is 47.0 Å². The number of rotatable bonds is 4. The largest absolute Gasteiger partial charge is 0.373 e. The first-order chi connectivity index (χ1) is 9.08. The monoisotopic (exact) mass is 269 g/mol. The van der Waals surface area contributed by atoms with Gasteiger partial charge in [0.25, 0.3) is 0 Å². The van der Waals surface area contributed by atoms with E-state index in [0.29, 0.717) is 44.2 Å². The van der Waals surface area contributed by atoms with E-state index < -0.39 is 0 Å². The normalized spacial score (nSPS) is 19.7. The number of aromatic nitrogens is 2. The van der Waals surface area contributed by atoms with Gasteiger partial charge in [0, 0.05) is 26.7 Å². The van der Waals surface area contributed by atoms with Gasteiger partial charge in [0.15, 0.2) is 0 Å². The zero-order valence-electron chi connectivity index (χ0n) is 11.2. The molecule has 8 nitrogen and oxygen atoms in total. The molecule has 1 fully saturated rings. The van der Waals surface area contributed by atoms with Crippen LogP contribution in [0.4, 0.5) is 11.5 Å². The summed E-state index contributed by atoms with van der Waals surface area (Å²) in [6.45, 7) is 3.95. The topological polar surface area (TPSA) is 99.5 Å². The van der Waals surface area contributed by atoms with E-state index in [2.05, 4.69) is 5.10 Å². The van der Waals surface area contributed by atoms with E-state index in [1.54, 1.807) is 11.7 Å². The molecule has 0 aliphatic carbocycles. The maximum atomic E-state index is 11.3. The first kappa shape index (κ1) is 13.8. The molecule has 1 aromatic rings. The fourth-order valence-electron chi connectivity index (χ4n) is 2.39. The second kappa shape index (κ2) is 5.54. The Bertz CT molecular complexity index is 473. The van der Waals surface area contributed by atoms with Crippen molar-refractivity contribution in [2.45, 2.75) is 19.4 Å². The van der Waals surface area contributed by atoms with Gasteiger partial charge in [-0.05, 0) is 6.42 Å². The van der Waals surface area contributed by atoms with Crippen molar-refractivity contribution in [3.63, 3.8) is 0 Å². The van der Waals surface area contributed by atoms with Crippen LogP contribution < -0.4 is 10.6 Å². The van der Waals surface area contributed by atoms with Crippen molar-refractivity contribution in [1.82, 2.24) is 9.78 Å². The van der Waals surface area contributed by atoms with Crippen LogP contribution in [0.25, 0.3) is 0 Å². The molecule has 0 bridgehead atoms. The molecule has 0 amide bonds. The van der Waals surface area contributed by atoms with Crippen molar-refractivity contribution in [2.75, 3.05) is 31.1 Å². The molecule has 1 aliphatic rings. The average molecular weight is 269 g/mol. The molecule has 1 atom stereocenters. The molecule has 2 N–H and O–H groups in total. The molecule has 8 heteroatoms. The number of nitrogens with zero attached hydrogens (tertiary/aromatic N) is 4. The van der Waals surface area contributed by atoms with Gasteiger partial charge in [0.1, 0.15) is 5.69 Å². The number of nitro groups is 1. The summed E-state index contributed by atoms with van der Waals surface area (Å²) in [6.07, 6.45) is 0.447. The molecule has 0 aromatic carbocycles. The quantitative estimate of drug-likeness (QED) is 0.612. The summed E-state index contributed by atoms with van der Waals surface area (Å²) < 4.78 is 7.07. The lowest BCUT2D eigenvalue weighted by Crippen LogP contribution is -2.46. The smallest absolute Gasteiger partial charge is 0.334 e. The fraction of sp³-hybridized carbons (Fsp3) is 0.727. The molecular weight excluding hydrogens is 250 g/mol. The second-order valence-electron chi connectivity index (χ2n) is 4.53. The Morgan fingerprint density at radius 1 is 1.63 bits per heavy atom. The number of morpholine rings is 1. The summed E-state index contributed by atoms with van der Waals surface area (Å²) in [5.41, 5.74) is 6.21. The highest BCUT2D eigenvalue weighted by Gasteiger charge is 2.32. The summed E-state index contributed by atoms with van der Waals surface area (Å²) in [6, 6.07) is 0. The van der Waals surface area contributed by atoms with Crippen LogP contribution in [0.2, 0.25) is 0 Å². The van der Waals surface area contributed by atoms with Crippen molar-refractivity contribution in [2.24, 2.45) is 12.8 Å². The molecule has 0 radical (unpaired) electrons. The van der Waals surface area contributed by atoms with E-state index in [1.807, 2.05) is 11.8 Å². The first-order valence-corrected chi connectivity index (χ1v) is 6.35. The zero-order chi connectivity index (χ0) is 14.0. The number of nitrogens with two attached hydrogens (primary N) is 1. The van der Waals surface area contributed by atoms with Crippen LogP contribution >= 0.6 is 0 Å². The number of hydrogen-bond acceptors (Lipinski definition) is 6. The van der Waals surface area contributed by atoms with Gasteiger partial charge in [0.2, 0.25) is 5.82 Å². The predicted molar refractivity (Wildman–Crippen MR) is 70.2 cm³/mol. The van der Waals surface area contributed by atoms with Gasteiger partial charge in [-0.3, -0.25) is 10.1 Å². The summed E-state index contributed by atoms with van der Waals surface area (Å²) in [7, 11) is 1.73. The van der Waals surface area contributed by atoms with Crippen molar-refractivity contribution >= 4 is 11.5 Å². The predicted octanol–water partition coefficient (Wildman–Crippen LogP) is 0.0546. The minimum absolute atomic E-state index is 0.0895. The van der Waals surface area contributed by atoms with Crippen LogP contribution in [-0.2, 0) is 18.2 Å². The van der Waals surface area contributed by atoms with E-state index in [1.165, 1.54) is 0 Å². The molecule has 1 aliphatic heterocycles. The number of ether oxygens (including phenoxy) is 1. The summed E-state index contributed by atoms with van der Waals surface area (Å²) >= 11 is 0. The van der Waals surface area contributed by atoms with Gasteiger partial charge in [-0.15, -0.1) is 0 Å². The van der Waals surface area contributed by atoms with Gasteiger partial charge < -0.3 is 15.4 Å². The van der Waals surface area contributed by atoms with Crippen LogP contribution in [0, 0.1) is 10.1 Å². The van der Waals surface area contributed by atoms with Crippen molar-refractivity contribution < 1.29 is 9.66 Å². The zero-order valence-corrected chi connectivity index (χ0v) is 11.2. The van der Waals surface area contributed by atoms with Gasteiger partial charge in [-0.2, -0.15) is 5.10 Å². The van der Waals surface area contributed by atoms with Crippen LogP contribution in [0.3, 0.4) is 0 Å². The van der Waals surface area contributed by atoms with Crippen molar-refractivity contribution in [3.8, 4) is 0 Å². The third kappa shape index (κ3) is 2.54. The summed E-state index contributed by atoms with van der Waals surface area (Å²) in [4.78, 5) is 12.9. The molecular formula is C11H19N5O3. The second-order valence-corrected chi connectivity index (χ2v) is 4.53. The lowest BCUT2D eigenvalue weighted by atomic mass is 10.2. The first-order valence-electron chi connectivity index (χ1n) is 6.35. The van der Waals surface area contributed by atoms with E-state index >= 15 is 0 Å². The van der Waals surface area contributed by atoms with Gasteiger partial charge in [0.05, 0.1) is 17.6 Å². The SMILES string of the molecule is CCc1nn(C)c(N2CCOC(CN)C2)c1[N+](=O)[O-]. The van der Waals surface area contributed by atoms with E-state index in [4.69, 9.17) is 10.5 Å². The molecule has 1 saturated heterocycles. The van der Waals surface area contributed by atoms with E-state index in [0.717, 1.165) is 0 Å². The highest BCUT2D eigenvalue weighted by molar-refractivity contribution is 5.61. The standard InChI is InChI=1S/C11H19N5O3/c1-3-9-10(16(17)18)11(14(2)13-9)15-4-5-19-8(6-12)7-15/h8H,3-7,12H2,1-2H3. The van der Waals surface area contributed by atoms with Crippen molar-refractivity contribution in [3.05, 3.63) is 15.8 Å². The fourth-order valence-corrected chi connectivity index (χ4v) is 2.39. The number of hydrogen-bond donors (Lipinski definition) is 1. The Balaban J connectivity index is 2.38. The average Bonchev–Trinajstić information content (AvgIpc) is 2.75. The Morgan fingerprint density at radius 2 is 2.37 bits per heavy atom. The third-order valence-electron chi connectivity index (χ3n) is 3.28. The Morgan fingerprint density at radius 3 is 2.95 bits per heavy atom. The van der Waals surface area contributed by atoms with E-state index in [-0.39, 0.29) is 16.7 Å². The summed E-state index contributed by atoms with van der Waals surface area (Å²) in [5, 5.41) is 15.5. The Kier molecular flexibility index (Phi) is 4.01. The lowest BCUT2D eigenvalue weighted by molar-refractivity contribution is -0.384. The lowest BCUT2D eigenvalue weighted by Gasteiger charge is -2.33. The maximum Gasteiger partial charge on any atom is 0.334 e. The van der Waals surface area contributed by atoms with Crippen LogP contribution in [0.5, 0.6) is 0 Å². The van der Waals surface area contributed by atoms with Crippen LogP contribution in [0.1, 0.15) is 12.6 Å². The van der Waals surface area contributed by atoms with Crippen molar-refractivity contribution in [1.29, 1.82) is 0 Å². The molecule has 0 saturated carbocycles. The van der Waals surface area contributed by atoms with Crippen LogP contribution in [0.15, 0.2) is 0 Å². The molecule has 2 heterocycles. The Labute approximate surface area is 111 Å². The molecule has 2 rings (SSSR count). The third-order valence-corrected chi connectivity index (χ3v) is 3.28. The number of anilines is 1. The minimum atomic E-state index is -0.353. The molecule has 19 heavy (non-hydrogen) atoms. The van der Waals surface area contributed by atoms with Gasteiger partial charge in [-0.1, -0.05) is 6.92 Å². The van der Waals surface area contributed by atoms with Gasteiger partial charge in [-0.25, -0.2) is 4.68 Å². The Hall–Kier alpha value is -1.67. The van der Waals surface area contributed by atoms with Gasteiger partial charge >= 0.3 is 5.69 Å². The highest BCUT2D eigenvalue weighted by Crippen LogP contribution is 2.32. The maximum absolute atomic E-state index is 11.3.